The van der Waals surface area contributed by atoms with E-state index in [1.807, 2.05) is 48.5 Å². The maximum atomic E-state index is 10.0. The molecule has 1 aromatic carbocycles. The summed E-state index contributed by atoms with van der Waals surface area (Å²) in [6.07, 6.45) is 1.01. The van der Waals surface area contributed by atoms with Gasteiger partial charge in [-0.25, -0.2) is 0 Å². The van der Waals surface area contributed by atoms with Gasteiger partial charge in [0.15, 0.2) is 0 Å². The molecule has 0 unspecified atom stereocenters. The second-order valence-electron chi connectivity index (χ2n) is 4.71. The first-order valence-corrected chi connectivity index (χ1v) is 6.94. The van der Waals surface area contributed by atoms with Crippen LogP contribution in [0.25, 0.3) is 11.4 Å². The van der Waals surface area contributed by atoms with Gasteiger partial charge in [0.2, 0.25) is 5.88 Å². The highest BCUT2D eigenvalue weighted by Gasteiger charge is 2.09. The summed E-state index contributed by atoms with van der Waals surface area (Å²) in [4.78, 5) is 4.21. The average molecular weight is 293 g/mol. The van der Waals surface area contributed by atoms with Gasteiger partial charge in [0.25, 0.3) is 0 Å². The van der Waals surface area contributed by atoms with Crippen molar-refractivity contribution in [3.63, 3.8) is 0 Å². The van der Waals surface area contributed by atoms with E-state index in [-0.39, 0.29) is 6.61 Å². The summed E-state index contributed by atoms with van der Waals surface area (Å²) in [6, 6.07) is 18.5. The lowest BCUT2D eigenvalue weighted by Crippen LogP contribution is -2.10. The Morgan fingerprint density at radius 1 is 0.864 bits per heavy atom. The summed E-state index contributed by atoms with van der Waals surface area (Å²) >= 11 is 0. The van der Waals surface area contributed by atoms with E-state index in [1.165, 1.54) is 0 Å². The van der Waals surface area contributed by atoms with Crippen LogP contribution in [0.15, 0.2) is 66.9 Å². The van der Waals surface area contributed by atoms with Crippen LogP contribution in [0.5, 0.6) is 5.88 Å². The summed E-state index contributed by atoms with van der Waals surface area (Å²) in [6.45, 7) is 0.127. The molecule has 1 N–H and O–H groups in total. The largest absolute Gasteiger partial charge is 0.473 e. The second-order valence-corrected chi connectivity index (χ2v) is 4.71. The highest BCUT2D eigenvalue weighted by atomic mass is 16.5. The molecule has 0 saturated carbocycles. The lowest BCUT2D eigenvalue weighted by Gasteiger charge is -2.11. The number of rotatable bonds is 5. The first-order valence-electron chi connectivity index (χ1n) is 6.94. The van der Waals surface area contributed by atoms with Gasteiger partial charge in [-0.15, -0.1) is 10.2 Å². The number of aliphatic hydroxyl groups is 1. The van der Waals surface area contributed by atoms with E-state index in [0.29, 0.717) is 11.6 Å². The van der Waals surface area contributed by atoms with Gasteiger partial charge < -0.3 is 9.84 Å². The molecule has 110 valence electrons. The van der Waals surface area contributed by atoms with Crippen molar-refractivity contribution in [2.75, 3.05) is 6.61 Å². The fraction of sp³-hybridized carbons (Fsp3) is 0.118. The van der Waals surface area contributed by atoms with Crippen molar-refractivity contribution in [1.82, 2.24) is 15.2 Å². The van der Waals surface area contributed by atoms with Crippen LogP contribution in [0, 0.1) is 0 Å². The van der Waals surface area contributed by atoms with Crippen molar-refractivity contribution in [3.05, 3.63) is 72.4 Å². The third-order valence-corrected chi connectivity index (χ3v) is 3.14. The Bertz CT molecular complexity index is 703. The lowest BCUT2D eigenvalue weighted by molar-refractivity contribution is 0.105. The van der Waals surface area contributed by atoms with Crippen molar-refractivity contribution in [1.29, 1.82) is 0 Å². The van der Waals surface area contributed by atoms with Crippen LogP contribution in [0.1, 0.15) is 11.7 Å². The summed E-state index contributed by atoms with van der Waals surface area (Å²) in [5, 5.41) is 18.1. The molecule has 3 rings (SSSR count). The standard InChI is InChI=1S/C17H15N3O2/c21-16(13-6-2-1-3-7-13)12-22-17-10-9-15(19-20-17)14-8-4-5-11-18-14/h1-11,16,21H,12H2/t16-/m0/s1. The van der Waals surface area contributed by atoms with Gasteiger partial charge in [0.1, 0.15) is 18.4 Å². The molecule has 22 heavy (non-hydrogen) atoms. The van der Waals surface area contributed by atoms with Crippen molar-refractivity contribution >= 4 is 0 Å². The third kappa shape index (κ3) is 3.45. The maximum Gasteiger partial charge on any atom is 0.233 e. The second kappa shape index (κ2) is 6.78. The van der Waals surface area contributed by atoms with E-state index in [9.17, 15) is 5.11 Å². The number of ether oxygens (including phenoxy) is 1. The Balaban J connectivity index is 1.62. The summed E-state index contributed by atoms with van der Waals surface area (Å²) < 4.78 is 5.47. The van der Waals surface area contributed by atoms with Crippen LogP contribution in [0.4, 0.5) is 0 Å². The van der Waals surface area contributed by atoms with Crippen LogP contribution in [0.3, 0.4) is 0 Å². The molecule has 0 aliphatic carbocycles. The molecular weight excluding hydrogens is 278 g/mol. The molecule has 2 heterocycles. The van der Waals surface area contributed by atoms with Gasteiger partial charge in [-0.3, -0.25) is 4.98 Å². The van der Waals surface area contributed by atoms with Crippen molar-refractivity contribution < 1.29 is 9.84 Å². The van der Waals surface area contributed by atoms with Crippen LogP contribution in [0.2, 0.25) is 0 Å². The molecule has 0 aliphatic heterocycles. The molecule has 3 aromatic rings. The van der Waals surface area contributed by atoms with E-state index in [2.05, 4.69) is 15.2 Å². The fourth-order valence-electron chi connectivity index (χ4n) is 1.98. The average Bonchev–Trinajstić information content (AvgIpc) is 2.61. The molecule has 5 heteroatoms. The molecular formula is C17H15N3O2. The van der Waals surface area contributed by atoms with Crippen molar-refractivity contribution in [2.45, 2.75) is 6.10 Å². The minimum atomic E-state index is -0.696. The zero-order valence-corrected chi connectivity index (χ0v) is 11.8. The van der Waals surface area contributed by atoms with Gasteiger partial charge in [0.05, 0.1) is 5.69 Å². The van der Waals surface area contributed by atoms with E-state index >= 15 is 0 Å². The van der Waals surface area contributed by atoms with E-state index in [4.69, 9.17) is 4.74 Å². The molecule has 0 aliphatic rings. The normalized spacial score (nSPS) is 11.9. The molecule has 1 atom stereocenters. The van der Waals surface area contributed by atoms with Crippen molar-refractivity contribution in [3.8, 4) is 17.3 Å². The Hall–Kier alpha value is -2.79. The van der Waals surface area contributed by atoms with Gasteiger partial charge in [0, 0.05) is 12.3 Å². The van der Waals surface area contributed by atoms with E-state index in [0.717, 1.165) is 11.3 Å². The van der Waals surface area contributed by atoms with Gasteiger partial charge in [-0.05, 0) is 23.8 Å². The van der Waals surface area contributed by atoms with E-state index < -0.39 is 6.10 Å². The number of nitrogens with zero attached hydrogens (tertiary/aromatic N) is 3. The zero-order chi connectivity index (χ0) is 15.2. The van der Waals surface area contributed by atoms with Crippen LogP contribution >= 0.6 is 0 Å². The Morgan fingerprint density at radius 3 is 2.36 bits per heavy atom. The molecule has 0 amide bonds. The van der Waals surface area contributed by atoms with Gasteiger partial charge >= 0.3 is 0 Å². The monoisotopic (exact) mass is 293 g/mol. The highest BCUT2D eigenvalue weighted by molar-refractivity contribution is 5.52. The van der Waals surface area contributed by atoms with E-state index in [1.54, 1.807) is 18.3 Å². The molecule has 2 aromatic heterocycles. The summed E-state index contributed by atoms with van der Waals surface area (Å²) in [5.74, 6) is 0.370. The zero-order valence-electron chi connectivity index (χ0n) is 11.8. The Morgan fingerprint density at radius 2 is 1.68 bits per heavy atom. The quantitative estimate of drug-likeness (QED) is 0.783. The topological polar surface area (TPSA) is 68.1 Å². The number of hydrogen-bond donors (Lipinski definition) is 1. The smallest absolute Gasteiger partial charge is 0.233 e. The minimum Gasteiger partial charge on any atom is -0.473 e. The molecule has 0 radical (unpaired) electrons. The molecule has 5 nitrogen and oxygen atoms in total. The lowest BCUT2D eigenvalue weighted by atomic mass is 10.1. The van der Waals surface area contributed by atoms with Gasteiger partial charge in [-0.2, -0.15) is 0 Å². The maximum absolute atomic E-state index is 10.0. The number of pyridine rings is 1. The molecule has 0 spiro atoms. The minimum absolute atomic E-state index is 0.127. The fourth-order valence-corrected chi connectivity index (χ4v) is 1.98. The van der Waals surface area contributed by atoms with Gasteiger partial charge in [-0.1, -0.05) is 36.4 Å². The van der Waals surface area contributed by atoms with Crippen molar-refractivity contribution in [2.24, 2.45) is 0 Å². The molecule has 0 fully saturated rings. The number of aromatic nitrogens is 3. The Labute approximate surface area is 128 Å². The highest BCUT2D eigenvalue weighted by Crippen LogP contribution is 2.17. The van der Waals surface area contributed by atoms with Crippen LogP contribution in [-0.2, 0) is 0 Å². The summed E-state index contributed by atoms with van der Waals surface area (Å²) in [5.41, 5.74) is 2.24. The van der Waals surface area contributed by atoms with Crippen LogP contribution in [-0.4, -0.2) is 26.9 Å². The summed E-state index contributed by atoms with van der Waals surface area (Å²) in [7, 11) is 0. The predicted octanol–water partition coefficient (Wildman–Crippen LogP) is 2.65. The van der Waals surface area contributed by atoms with Crippen LogP contribution < -0.4 is 4.74 Å². The predicted molar refractivity (Wildman–Crippen MR) is 82.2 cm³/mol. The first kappa shape index (κ1) is 14.2. The SMILES string of the molecule is O[C@@H](COc1ccc(-c2ccccn2)nn1)c1ccccc1. The Kier molecular flexibility index (Phi) is 4.36. The number of benzene rings is 1. The molecule has 0 saturated heterocycles. The number of aliphatic hydroxyl groups excluding tert-OH is 1. The third-order valence-electron chi connectivity index (χ3n) is 3.14. The molecule has 0 bridgehead atoms. The number of hydrogen-bond acceptors (Lipinski definition) is 5. The first-order chi connectivity index (χ1) is 10.8.